The minimum Gasteiger partial charge on any atom is -0.431 e. The Hall–Kier alpha value is -2.37. The first-order valence-corrected chi connectivity index (χ1v) is 6.00. The van der Waals surface area contributed by atoms with Crippen LogP contribution < -0.4 is 0 Å². The van der Waals surface area contributed by atoms with Crippen molar-refractivity contribution in [1.82, 2.24) is 0 Å². The van der Waals surface area contributed by atoms with Crippen LogP contribution in [0, 0.1) is 0 Å². The quantitative estimate of drug-likeness (QED) is 0.601. The van der Waals surface area contributed by atoms with Gasteiger partial charge in [-0.1, -0.05) is 18.2 Å². The average Bonchev–Trinajstić information content (AvgIpc) is 2.36. The third-order valence-electron chi connectivity index (χ3n) is 2.76. The molecule has 0 atom stereocenters. The fraction of sp³-hybridized carbons (Fsp3) is 0.357. The first kappa shape index (κ1) is 14.0. The molecular formula is C14H14O6. The van der Waals surface area contributed by atoms with E-state index in [1.807, 2.05) is 0 Å². The number of esters is 3. The van der Waals surface area contributed by atoms with Crippen molar-refractivity contribution in [1.29, 1.82) is 0 Å². The summed E-state index contributed by atoms with van der Waals surface area (Å²) >= 11 is 0. The number of hydrogen-bond donors (Lipinski definition) is 0. The topological polar surface area (TPSA) is 78.9 Å². The number of carbonyl (C=O) groups excluding carboxylic acids is 3. The van der Waals surface area contributed by atoms with E-state index in [-0.39, 0.29) is 5.56 Å². The van der Waals surface area contributed by atoms with Crippen molar-refractivity contribution in [2.24, 2.45) is 0 Å². The zero-order valence-electron chi connectivity index (χ0n) is 11.3. The van der Waals surface area contributed by atoms with Crippen molar-refractivity contribution < 1.29 is 28.6 Å². The summed E-state index contributed by atoms with van der Waals surface area (Å²) in [7, 11) is 0. The first-order valence-electron chi connectivity index (χ1n) is 6.00. The van der Waals surface area contributed by atoms with Gasteiger partial charge in [-0.15, -0.1) is 0 Å². The van der Waals surface area contributed by atoms with E-state index in [0.29, 0.717) is 0 Å². The van der Waals surface area contributed by atoms with Crippen LogP contribution in [0.25, 0.3) is 0 Å². The van der Waals surface area contributed by atoms with Crippen LogP contribution in [-0.2, 0) is 23.8 Å². The summed E-state index contributed by atoms with van der Waals surface area (Å²) in [6.07, 6.45) is 0. The lowest BCUT2D eigenvalue weighted by atomic mass is 10.1. The summed E-state index contributed by atoms with van der Waals surface area (Å²) in [5.74, 6) is -4.08. The molecule has 1 aromatic carbocycles. The van der Waals surface area contributed by atoms with E-state index in [9.17, 15) is 14.4 Å². The summed E-state index contributed by atoms with van der Waals surface area (Å²) in [6.45, 7) is 3.98. The van der Waals surface area contributed by atoms with Crippen LogP contribution in [0.1, 0.15) is 31.1 Å². The van der Waals surface area contributed by atoms with Crippen LogP contribution in [0.4, 0.5) is 0 Å². The largest absolute Gasteiger partial charge is 0.431 e. The summed E-state index contributed by atoms with van der Waals surface area (Å²) in [4.78, 5) is 35.8. The maximum absolute atomic E-state index is 11.9. The van der Waals surface area contributed by atoms with E-state index in [1.54, 1.807) is 18.2 Å². The van der Waals surface area contributed by atoms with Gasteiger partial charge in [-0.3, -0.25) is 0 Å². The van der Waals surface area contributed by atoms with Gasteiger partial charge in [-0.05, 0) is 19.1 Å². The van der Waals surface area contributed by atoms with E-state index in [0.717, 1.165) is 6.92 Å². The fourth-order valence-electron chi connectivity index (χ4n) is 1.65. The Bertz CT molecular complexity index is 540. The molecule has 1 aromatic rings. The molecule has 1 aliphatic heterocycles. The lowest BCUT2D eigenvalue weighted by Gasteiger charge is -2.37. The fourth-order valence-corrected chi connectivity index (χ4v) is 1.65. The molecule has 0 bridgehead atoms. The van der Waals surface area contributed by atoms with E-state index in [2.05, 4.69) is 0 Å². The minimum absolute atomic E-state index is 0.221. The van der Waals surface area contributed by atoms with Gasteiger partial charge in [-0.2, -0.15) is 0 Å². The number of hydrogen-bond acceptors (Lipinski definition) is 6. The predicted octanol–water partition coefficient (Wildman–Crippen LogP) is 1.44. The highest BCUT2D eigenvalue weighted by Crippen LogP contribution is 2.29. The van der Waals surface area contributed by atoms with Crippen LogP contribution >= 0.6 is 0 Å². The Morgan fingerprint density at radius 2 is 1.50 bits per heavy atom. The highest BCUT2D eigenvalue weighted by molar-refractivity contribution is 6.07. The molecule has 0 unspecified atom stereocenters. The molecule has 0 aromatic heterocycles. The van der Waals surface area contributed by atoms with Crippen molar-refractivity contribution >= 4 is 17.9 Å². The van der Waals surface area contributed by atoms with Gasteiger partial charge in [-0.25, -0.2) is 14.4 Å². The molecule has 1 aliphatic rings. The zero-order chi connectivity index (χ0) is 15.0. The molecule has 0 aliphatic carbocycles. The number of carbonyl (C=O) groups is 3. The standard InChI is InChI=1S/C14H14O6/c1-13(2)19-11(16)14(3,12(17)20-13)18-10(15)9-7-5-4-6-8-9/h4-8H,1-3H3. The molecule has 1 heterocycles. The number of ether oxygens (including phenoxy) is 3. The maximum atomic E-state index is 11.9. The number of rotatable bonds is 2. The second-order valence-electron chi connectivity index (χ2n) is 4.97. The Morgan fingerprint density at radius 3 is 2.00 bits per heavy atom. The second-order valence-corrected chi connectivity index (χ2v) is 4.97. The number of cyclic esters (lactones) is 2. The summed E-state index contributed by atoms with van der Waals surface area (Å²) in [5.41, 5.74) is -1.87. The Kier molecular flexibility index (Phi) is 3.25. The summed E-state index contributed by atoms with van der Waals surface area (Å²) in [5, 5.41) is 0. The molecule has 0 radical (unpaired) electrons. The van der Waals surface area contributed by atoms with Crippen LogP contribution in [0.3, 0.4) is 0 Å². The highest BCUT2D eigenvalue weighted by Gasteiger charge is 2.56. The monoisotopic (exact) mass is 278 g/mol. The lowest BCUT2D eigenvalue weighted by molar-refractivity contribution is -0.257. The van der Waals surface area contributed by atoms with E-state index in [1.165, 1.54) is 26.0 Å². The van der Waals surface area contributed by atoms with Gasteiger partial charge in [0.25, 0.3) is 5.79 Å². The maximum Gasteiger partial charge on any atom is 0.365 e. The van der Waals surface area contributed by atoms with Gasteiger partial charge >= 0.3 is 23.5 Å². The van der Waals surface area contributed by atoms with Crippen molar-refractivity contribution in [3.05, 3.63) is 35.9 Å². The average molecular weight is 278 g/mol. The molecule has 0 N–H and O–H groups in total. The van der Waals surface area contributed by atoms with Crippen molar-refractivity contribution in [2.75, 3.05) is 0 Å². The molecular weight excluding hydrogens is 264 g/mol. The van der Waals surface area contributed by atoms with Crippen LogP contribution in [0.2, 0.25) is 0 Å². The SMILES string of the molecule is CC1(C)OC(=O)C(C)(OC(=O)c2ccccc2)C(=O)O1. The Labute approximate surface area is 115 Å². The molecule has 1 fully saturated rings. The summed E-state index contributed by atoms with van der Waals surface area (Å²) in [6, 6.07) is 8.02. The molecule has 0 saturated carbocycles. The second kappa shape index (κ2) is 4.63. The third kappa shape index (κ3) is 2.49. The van der Waals surface area contributed by atoms with Gasteiger partial charge in [0.05, 0.1) is 5.56 Å². The predicted molar refractivity (Wildman–Crippen MR) is 66.5 cm³/mol. The number of benzene rings is 1. The molecule has 20 heavy (non-hydrogen) atoms. The molecule has 1 saturated heterocycles. The van der Waals surface area contributed by atoms with E-state index >= 15 is 0 Å². The highest BCUT2D eigenvalue weighted by atomic mass is 16.8. The van der Waals surface area contributed by atoms with E-state index < -0.39 is 29.3 Å². The third-order valence-corrected chi connectivity index (χ3v) is 2.76. The van der Waals surface area contributed by atoms with Gasteiger partial charge in [0, 0.05) is 13.8 Å². The lowest BCUT2D eigenvalue weighted by Crippen LogP contribution is -2.59. The van der Waals surface area contributed by atoms with Gasteiger partial charge < -0.3 is 14.2 Å². The molecule has 0 amide bonds. The van der Waals surface area contributed by atoms with Crippen LogP contribution in [0.5, 0.6) is 0 Å². The molecule has 6 heteroatoms. The van der Waals surface area contributed by atoms with Crippen LogP contribution in [0.15, 0.2) is 30.3 Å². The van der Waals surface area contributed by atoms with Crippen molar-refractivity contribution in [3.8, 4) is 0 Å². The molecule has 2 rings (SSSR count). The minimum atomic E-state index is -2.09. The summed E-state index contributed by atoms with van der Waals surface area (Å²) < 4.78 is 14.9. The van der Waals surface area contributed by atoms with Crippen molar-refractivity contribution in [3.63, 3.8) is 0 Å². The van der Waals surface area contributed by atoms with Gasteiger partial charge in [0.1, 0.15) is 0 Å². The molecule has 6 nitrogen and oxygen atoms in total. The Morgan fingerprint density at radius 1 is 1.00 bits per heavy atom. The zero-order valence-corrected chi connectivity index (χ0v) is 11.3. The normalized spacial score (nSPS) is 19.8. The smallest absolute Gasteiger partial charge is 0.365 e. The molecule has 0 spiro atoms. The van der Waals surface area contributed by atoms with Crippen LogP contribution in [-0.4, -0.2) is 29.3 Å². The van der Waals surface area contributed by atoms with Gasteiger partial charge in [0.15, 0.2) is 0 Å². The Balaban J connectivity index is 2.22. The molecule has 106 valence electrons. The first-order chi connectivity index (χ1) is 9.24. The van der Waals surface area contributed by atoms with Gasteiger partial charge in [0.2, 0.25) is 0 Å². The van der Waals surface area contributed by atoms with E-state index in [4.69, 9.17) is 14.2 Å². The van der Waals surface area contributed by atoms with Crippen molar-refractivity contribution in [2.45, 2.75) is 32.2 Å².